The molecule has 1 aliphatic rings. The van der Waals surface area contributed by atoms with Gasteiger partial charge in [-0.1, -0.05) is 48.0 Å². The highest BCUT2D eigenvalue weighted by Gasteiger charge is 2.18. The van der Waals surface area contributed by atoms with E-state index in [1.165, 1.54) is 53.1 Å². The van der Waals surface area contributed by atoms with Crippen molar-refractivity contribution in [2.45, 2.75) is 25.7 Å². The lowest BCUT2D eigenvalue weighted by Gasteiger charge is -2.25. The zero-order chi connectivity index (χ0) is 19.5. The van der Waals surface area contributed by atoms with Gasteiger partial charge in [0.05, 0.1) is 7.11 Å². The number of nitrogens with zero attached hydrogens (tertiary/aromatic N) is 1. The number of hydrogen-bond donors (Lipinski definition) is 0. The molecule has 0 heterocycles. The lowest BCUT2D eigenvalue weighted by Crippen LogP contribution is -2.18. The van der Waals surface area contributed by atoms with Gasteiger partial charge < -0.3 is 9.64 Å². The van der Waals surface area contributed by atoms with E-state index in [9.17, 15) is 0 Å². The van der Waals surface area contributed by atoms with Crippen LogP contribution in [0.2, 0.25) is 0 Å². The summed E-state index contributed by atoms with van der Waals surface area (Å²) in [6.07, 6.45) is 5.01. The fourth-order valence-corrected chi connectivity index (χ4v) is 4.37. The second kappa shape index (κ2) is 8.20. The Hall–Kier alpha value is -2.58. The Morgan fingerprint density at radius 3 is 2.32 bits per heavy atom. The van der Waals surface area contributed by atoms with Gasteiger partial charge in [-0.05, 0) is 91.0 Å². The van der Waals surface area contributed by atoms with E-state index in [2.05, 4.69) is 73.6 Å². The molecule has 4 rings (SSSR count). The molecule has 144 valence electrons. The fraction of sp³-hybridized carbons (Fsp3) is 0.308. The summed E-state index contributed by atoms with van der Waals surface area (Å²) in [5.74, 6) is 0.904. The maximum Gasteiger partial charge on any atom is 0.119 e. The van der Waals surface area contributed by atoms with E-state index in [-0.39, 0.29) is 0 Å². The van der Waals surface area contributed by atoms with Gasteiger partial charge in [-0.25, -0.2) is 0 Å². The molecule has 0 N–H and O–H groups in total. The van der Waals surface area contributed by atoms with Crippen LogP contribution in [-0.2, 0) is 0 Å². The second-order valence-corrected chi connectivity index (χ2v) is 8.00. The highest BCUT2D eigenvalue weighted by Crippen LogP contribution is 2.38. The molecular formula is C26H29NO. The molecular weight excluding hydrogens is 342 g/mol. The number of benzene rings is 3. The van der Waals surface area contributed by atoms with Crippen molar-refractivity contribution in [2.24, 2.45) is 0 Å². The molecule has 0 atom stereocenters. The monoisotopic (exact) mass is 371 g/mol. The minimum atomic E-state index is 0.904. The molecule has 3 aromatic rings. The zero-order valence-electron chi connectivity index (χ0n) is 17.2. The molecule has 3 aromatic carbocycles. The molecule has 0 fully saturated rings. The summed E-state index contributed by atoms with van der Waals surface area (Å²) in [6, 6.07) is 22.0. The zero-order valence-corrected chi connectivity index (χ0v) is 17.2. The van der Waals surface area contributed by atoms with Crippen molar-refractivity contribution in [3.8, 4) is 16.9 Å². The van der Waals surface area contributed by atoms with E-state index in [4.69, 9.17) is 4.74 Å². The van der Waals surface area contributed by atoms with Crippen molar-refractivity contribution in [1.29, 1.82) is 0 Å². The second-order valence-electron chi connectivity index (χ2n) is 8.00. The predicted molar refractivity (Wildman–Crippen MR) is 120 cm³/mol. The predicted octanol–water partition coefficient (Wildman–Crippen LogP) is 6.40. The molecule has 28 heavy (non-hydrogen) atoms. The summed E-state index contributed by atoms with van der Waals surface area (Å²) in [5.41, 5.74) is 7.20. The van der Waals surface area contributed by atoms with Crippen LogP contribution in [0.25, 0.3) is 27.5 Å². The average molecular weight is 372 g/mol. The maximum absolute atomic E-state index is 5.37. The van der Waals surface area contributed by atoms with Gasteiger partial charge in [-0.15, -0.1) is 0 Å². The molecule has 2 nitrogen and oxygen atoms in total. The van der Waals surface area contributed by atoms with Crippen molar-refractivity contribution >= 4 is 16.3 Å². The molecule has 0 spiro atoms. The highest BCUT2D eigenvalue weighted by atomic mass is 16.5. The van der Waals surface area contributed by atoms with Gasteiger partial charge in [0.15, 0.2) is 0 Å². The third-order valence-electron chi connectivity index (χ3n) is 5.70. The molecule has 0 saturated heterocycles. The molecule has 0 amide bonds. The van der Waals surface area contributed by atoms with E-state index < -0.39 is 0 Å². The van der Waals surface area contributed by atoms with Crippen molar-refractivity contribution in [1.82, 2.24) is 4.90 Å². The van der Waals surface area contributed by atoms with Crippen molar-refractivity contribution < 1.29 is 4.74 Å². The van der Waals surface area contributed by atoms with Gasteiger partial charge in [-0.3, -0.25) is 0 Å². The van der Waals surface area contributed by atoms with Gasteiger partial charge >= 0.3 is 0 Å². The number of likely N-dealkylation sites (N-methyl/N-ethyl adjacent to an activating group) is 1. The van der Waals surface area contributed by atoms with Crippen LogP contribution in [0.4, 0.5) is 0 Å². The SMILES string of the molecule is COc1ccc2cc(-c3ccccc3C3=C(CN(C)C)CCCC3)ccc2c1. The van der Waals surface area contributed by atoms with Gasteiger partial charge in [0.25, 0.3) is 0 Å². The van der Waals surface area contributed by atoms with Crippen LogP contribution in [0, 0.1) is 0 Å². The number of ether oxygens (including phenoxy) is 1. The quantitative estimate of drug-likeness (QED) is 0.514. The van der Waals surface area contributed by atoms with E-state index in [0.717, 1.165) is 12.3 Å². The first-order chi connectivity index (χ1) is 13.7. The third kappa shape index (κ3) is 3.83. The van der Waals surface area contributed by atoms with Crippen molar-refractivity contribution in [3.05, 3.63) is 71.8 Å². The standard InChI is InChI=1S/C26H29NO/c1-27(2)18-22-8-4-5-10-25(22)26-11-7-6-9-24(26)21-13-12-20-17-23(28-3)15-14-19(20)16-21/h6-7,9,11-17H,4-5,8,10,18H2,1-3H3. The number of hydrogen-bond acceptors (Lipinski definition) is 2. The lowest BCUT2D eigenvalue weighted by atomic mass is 9.83. The Bertz CT molecular complexity index is 1020. The molecule has 0 aromatic heterocycles. The molecule has 0 radical (unpaired) electrons. The smallest absolute Gasteiger partial charge is 0.119 e. The maximum atomic E-state index is 5.37. The first-order valence-electron chi connectivity index (χ1n) is 10.2. The van der Waals surface area contributed by atoms with Crippen LogP contribution in [-0.4, -0.2) is 32.6 Å². The number of methoxy groups -OCH3 is 1. The van der Waals surface area contributed by atoms with E-state index >= 15 is 0 Å². The van der Waals surface area contributed by atoms with Crippen LogP contribution in [0.15, 0.2) is 66.2 Å². The molecule has 1 aliphatic carbocycles. The first-order valence-corrected chi connectivity index (χ1v) is 10.2. The summed E-state index contributed by atoms with van der Waals surface area (Å²) in [4.78, 5) is 2.30. The van der Waals surface area contributed by atoms with E-state index in [1.807, 2.05) is 6.07 Å². The molecule has 0 bridgehead atoms. The Labute approximate surface area is 168 Å². The number of rotatable bonds is 5. The fourth-order valence-electron chi connectivity index (χ4n) is 4.37. The van der Waals surface area contributed by atoms with Crippen LogP contribution in [0.1, 0.15) is 31.2 Å². The Balaban J connectivity index is 1.81. The Morgan fingerprint density at radius 1 is 0.821 bits per heavy atom. The summed E-state index contributed by atoms with van der Waals surface area (Å²) in [7, 11) is 6.06. The van der Waals surface area contributed by atoms with Crippen LogP contribution < -0.4 is 4.74 Å². The number of allylic oxidation sites excluding steroid dienone is 1. The first kappa shape index (κ1) is 18.8. The minimum absolute atomic E-state index is 0.904. The topological polar surface area (TPSA) is 12.5 Å². The van der Waals surface area contributed by atoms with E-state index in [0.29, 0.717) is 0 Å². The molecule has 2 heteroatoms. The molecule has 0 aliphatic heterocycles. The van der Waals surface area contributed by atoms with Crippen molar-refractivity contribution in [2.75, 3.05) is 27.7 Å². The summed E-state index contributed by atoms with van der Waals surface area (Å²) in [6.45, 7) is 1.06. The minimum Gasteiger partial charge on any atom is -0.497 e. The molecule has 0 unspecified atom stereocenters. The van der Waals surface area contributed by atoms with Gasteiger partial charge in [0, 0.05) is 6.54 Å². The highest BCUT2D eigenvalue weighted by molar-refractivity contribution is 5.91. The normalized spacial score (nSPS) is 14.7. The van der Waals surface area contributed by atoms with Gasteiger partial charge in [-0.2, -0.15) is 0 Å². The summed E-state index contributed by atoms with van der Waals surface area (Å²) < 4.78 is 5.37. The van der Waals surface area contributed by atoms with Gasteiger partial charge in [0.1, 0.15) is 5.75 Å². The molecule has 0 saturated carbocycles. The van der Waals surface area contributed by atoms with Crippen LogP contribution >= 0.6 is 0 Å². The van der Waals surface area contributed by atoms with Gasteiger partial charge in [0.2, 0.25) is 0 Å². The largest absolute Gasteiger partial charge is 0.497 e. The Morgan fingerprint density at radius 2 is 1.54 bits per heavy atom. The summed E-state index contributed by atoms with van der Waals surface area (Å²) >= 11 is 0. The average Bonchev–Trinajstić information content (AvgIpc) is 2.73. The third-order valence-corrected chi connectivity index (χ3v) is 5.70. The summed E-state index contributed by atoms with van der Waals surface area (Å²) in [5, 5.41) is 2.46. The van der Waals surface area contributed by atoms with E-state index in [1.54, 1.807) is 18.3 Å². The van der Waals surface area contributed by atoms with Crippen LogP contribution in [0.3, 0.4) is 0 Å². The Kier molecular flexibility index (Phi) is 5.50. The number of fused-ring (bicyclic) bond motifs is 1. The lowest BCUT2D eigenvalue weighted by molar-refractivity contribution is 0.415. The van der Waals surface area contributed by atoms with Crippen LogP contribution in [0.5, 0.6) is 5.75 Å². The van der Waals surface area contributed by atoms with Crippen molar-refractivity contribution in [3.63, 3.8) is 0 Å².